The van der Waals surface area contributed by atoms with E-state index in [9.17, 15) is 4.79 Å². The van der Waals surface area contributed by atoms with E-state index in [0.29, 0.717) is 12.0 Å². The lowest BCUT2D eigenvalue weighted by atomic mass is 9.87. The predicted octanol–water partition coefficient (Wildman–Crippen LogP) is 3.58. The molecule has 1 fully saturated rings. The number of carbonyl (C=O) groups excluding carboxylic acids is 1. The molecule has 0 spiro atoms. The third kappa shape index (κ3) is 2.58. The highest BCUT2D eigenvalue weighted by Crippen LogP contribution is 2.37. The van der Waals surface area contributed by atoms with Gasteiger partial charge < -0.3 is 4.90 Å². The van der Waals surface area contributed by atoms with Gasteiger partial charge in [-0.05, 0) is 29.9 Å². The van der Waals surface area contributed by atoms with Crippen LogP contribution in [0.3, 0.4) is 0 Å². The van der Waals surface area contributed by atoms with E-state index in [1.807, 2.05) is 30.3 Å². The molecular weight excluding hydrogens is 222 g/mol. The Hall–Kier alpha value is -1.31. The van der Waals surface area contributed by atoms with Crippen LogP contribution in [0.4, 0.5) is 0 Å². The Kier molecular flexibility index (Phi) is 3.47. The van der Waals surface area contributed by atoms with E-state index in [-0.39, 0.29) is 11.3 Å². The molecule has 0 saturated carbocycles. The molecule has 1 aromatic rings. The van der Waals surface area contributed by atoms with Gasteiger partial charge in [-0.3, -0.25) is 4.79 Å². The standard InChI is InChI=1S/C16H23NO/c1-12(2)14-10-16(3,4)11-17(14)15(18)13-8-6-5-7-9-13/h5-9,12,14H,10-11H2,1-4H3. The summed E-state index contributed by atoms with van der Waals surface area (Å²) in [6, 6.07) is 9.99. The van der Waals surface area contributed by atoms with Crippen LogP contribution < -0.4 is 0 Å². The minimum absolute atomic E-state index is 0.180. The number of rotatable bonds is 2. The summed E-state index contributed by atoms with van der Waals surface area (Å²) >= 11 is 0. The van der Waals surface area contributed by atoms with Crippen LogP contribution in [0, 0.1) is 11.3 Å². The van der Waals surface area contributed by atoms with Crippen LogP contribution in [-0.4, -0.2) is 23.4 Å². The molecule has 1 aliphatic heterocycles. The van der Waals surface area contributed by atoms with E-state index in [4.69, 9.17) is 0 Å². The molecule has 2 heteroatoms. The van der Waals surface area contributed by atoms with E-state index < -0.39 is 0 Å². The molecule has 1 unspecified atom stereocenters. The number of hydrogen-bond donors (Lipinski definition) is 0. The zero-order valence-corrected chi connectivity index (χ0v) is 11.8. The third-order valence-corrected chi connectivity index (χ3v) is 3.81. The SMILES string of the molecule is CC(C)C1CC(C)(C)CN1C(=O)c1ccccc1. The van der Waals surface area contributed by atoms with Gasteiger partial charge in [0, 0.05) is 18.2 Å². The lowest BCUT2D eigenvalue weighted by Crippen LogP contribution is -2.38. The molecule has 0 bridgehead atoms. The normalized spacial score (nSPS) is 22.5. The monoisotopic (exact) mass is 245 g/mol. The number of hydrogen-bond acceptors (Lipinski definition) is 1. The molecule has 1 aliphatic rings. The van der Waals surface area contributed by atoms with Crippen molar-refractivity contribution in [3.05, 3.63) is 35.9 Å². The number of nitrogens with zero attached hydrogens (tertiary/aromatic N) is 1. The molecule has 0 N–H and O–H groups in total. The van der Waals surface area contributed by atoms with E-state index in [2.05, 4.69) is 32.6 Å². The van der Waals surface area contributed by atoms with Crippen molar-refractivity contribution in [3.63, 3.8) is 0 Å². The lowest BCUT2D eigenvalue weighted by molar-refractivity contribution is 0.0693. The molecule has 1 atom stereocenters. The highest BCUT2D eigenvalue weighted by atomic mass is 16.2. The van der Waals surface area contributed by atoms with Crippen LogP contribution in [0.25, 0.3) is 0 Å². The molecule has 0 aromatic heterocycles. The molecule has 0 aliphatic carbocycles. The van der Waals surface area contributed by atoms with Gasteiger partial charge in [-0.15, -0.1) is 0 Å². The molecular formula is C16H23NO. The summed E-state index contributed by atoms with van der Waals surface area (Å²) in [5.41, 5.74) is 1.04. The predicted molar refractivity (Wildman–Crippen MR) is 74.5 cm³/mol. The fraction of sp³-hybridized carbons (Fsp3) is 0.562. The second kappa shape index (κ2) is 4.75. The van der Waals surface area contributed by atoms with Gasteiger partial charge in [0.15, 0.2) is 0 Å². The van der Waals surface area contributed by atoms with E-state index in [0.717, 1.165) is 18.5 Å². The Morgan fingerprint density at radius 1 is 1.28 bits per heavy atom. The smallest absolute Gasteiger partial charge is 0.254 e. The van der Waals surface area contributed by atoms with Gasteiger partial charge in [0.05, 0.1) is 0 Å². The Bertz CT molecular complexity index is 422. The molecule has 18 heavy (non-hydrogen) atoms. The summed E-state index contributed by atoms with van der Waals surface area (Å²) in [5.74, 6) is 0.694. The Morgan fingerprint density at radius 2 is 1.89 bits per heavy atom. The number of benzene rings is 1. The van der Waals surface area contributed by atoms with E-state index in [1.54, 1.807) is 0 Å². The number of carbonyl (C=O) groups is 1. The minimum Gasteiger partial charge on any atom is -0.335 e. The molecule has 2 rings (SSSR count). The maximum atomic E-state index is 12.6. The first-order chi connectivity index (χ1) is 8.41. The topological polar surface area (TPSA) is 20.3 Å². The summed E-state index contributed by atoms with van der Waals surface area (Å²) in [4.78, 5) is 14.6. The first-order valence-electron chi connectivity index (χ1n) is 6.77. The zero-order valence-electron chi connectivity index (χ0n) is 11.8. The van der Waals surface area contributed by atoms with Crippen molar-refractivity contribution in [1.29, 1.82) is 0 Å². The molecule has 1 amide bonds. The van der Waals surface area contributed by atoms with Crippen molar-refractivity contribution in [1.82, 2.24) is 4.90 Å². The van der Waals surface area contributed by atoms with Crippen LogP contribution in [-0.2, 0) is 0 Å². The van der Waals surface area contributed by atoms with Gasteiger partial charge in [0.1, 0.15) is 0 Å². The highest BCUT2D eigenvalue weighted by molar-refractivity contribution is 5.94. The van der Waals surface area contributed by atoms with Crippen LogP contribution in [0.15, 0.2) is 30.3 Å². The molecule has 0 radical (unpaired) electrons. The fourth-order valence-electron chi connectivity index (χ4n) is 2.88. The Labute approximate surface area is 110 Å². The largest absolute Gasteiger partial charge is 0.335 e. The van der Waals surface area contributed by atoms with Crippen LogP contribution >= 0.6 is 0 Å². The Balaban J connectivity index is 2.24. The highest BCUT2D eigenvalue weighted by Gasteiger charge is 2.41. The van der Waals surface area contributed by atoms with Crippen LogP contribution in [0.1, 0.15) is 44.5 Å². The minimum atomic E-state index is 0.180. The van der Waals surface area contributed by atoms with Gasteiger partial charge in [-0.1, -0.05) is 45.9 Å². The van der Waals surface area contributed by atoms with Crippen molar-refractivity contribution in [2.45, 2.75) is 40.2 Å². The summed E-state index contributed by atoms with van der Waals surface area (Å²) in [6.45, 7) is 9.78. The molecule has 1 saturated heterocycles. The first kappa shape index (κ1) is 13.1. The summed E-state index contributed by atoms with van der Waals surface area (Å²) in [5, 5.41) is 0. The van der Waals surface area contributed by atoms with E-state index in [1.165, 1.54) is 0 Å². The zero-order chi connectivity index (χ0) is 13.3. The quantitative estimate of drug-likeness (QED) is 0.780. The summed E-state index contributed by atoms with van der Waals surface area (Å²) in [7, 11) is 0. The molecule has 98 valence electrons. The maximum Gasteiger partial charge on any atom is 0.254 e. The average molecular weight is 245 g/mol. The van der Waals surface area contributed by atoms with Crippen molar-refractivity contribution in [2.24, 2.45) is 11.3 Å². The average Bonchev–Trinajstić information content (AvgIpc) is 2.66. The number of amides is 1. The van der Waals surface area contributed by atoms with Gasteiger partial charge in [0.2, 0.25) is 0 Å². The first-order valence-corrected chi connectivity index (χ1v) is 6.77. The van der Waals surface area contributed by atoms with Crippen LogP contribution in [0.5, 0.6) is 0 Å². The lowest BCUT2D eigenvalue weighted by Gasteiger charge is -2.27. The van der Waals surface area contributed by atoms with Crippen molar-refractivity contribution in [3.8, 4) is 0 Å². The molecule has 1 heterocycles. The fourth-order valence-corrected chi connectivity index (χ4v) is 2.88. The maximum absolute atomic E-state index is 12.6. The van der Waals surface area contributed by atoms with Crippen molar-refractivity contribution < 1.29 is 4.79 Å². The van der Waals surface area contributed by atoms with Crippen molar-refractivity contribution >= 4 is 5.91 Å². The third-order valence-electron chi connectivity index (χ3n) is 3.81. The second-order valence-corrected chi connectivity index (χ2v) is 6.48. The second-order valence-electron chi connectivity index (χ2n) is 6.48. The summed E-state index contributed by atoms with van der Waals surface area (Å²) < 4.78 is 0. The van der Waals surface area contributed by atoms with Gasteiger partial charge in [-0.2, -0.15) is 0 Å². The molecule has 1 aromatic carbocycles. The van der Waals surface area contributed by atoms with Crippen LogP contribution in [0.2, 0.25) is 0 Å². The number of likely N-dealkylation sites (tertiary alicyclic amines) is 1. The molecule has 2 nitrogen and oxygen atoms in total. The Morgan fingerprint density at radius 3 is 2.44 bits per heavy atom. The summed E-state index contributed by atoms with van der Waals surface area (Å²) in [6.07, 6.45) is 1.10. The van der Waals surface area contributed by atoms with Crippen molar-refractivity contribution in [2.75, 3.05) is 6.54 Å². The van der Waals surface area contributed by atoms with Gasteiger partial charge in [-0.25, -0.2) is 0 Å². The van der Waals surface area contributed by atoms with Gasteiger partial charge in [0.25, 0.3) is 5.91 Å². The van der Waals surface area contributed by atoms with E-state index >= 15 is 0 Å². The van der Waals surface area contributed by atoms with Gasteiger partial charge >= 0.3 is 0 Å².